The average molecular weight is 575 g/mol. The smallest absolute Gasteiger partial charge is 0.338 e. The van der Waals surface area contributed by atoms with Crippen LogP contribution in [0.2, 0.25) is 0 Å². The van der Waals surface area contributed by atoms with E-state index in [0.717, 1.165) is 38.5 Å². The predicted octanol–water partition coefficient (Wildman–Crippen LogP) is 3.25. The molecular weight excluding hydrogens is 536 g/mol. The van der Waals surface area contributed by atoms with Crippen molar-refractivity contribution in [2.24, 2.45) is 0 Å². The van der Waals surface area contributed by atoms with Gasteiger partial charge in [0.1, 0.15) is 0 Å². The van der Waals surface area contributed by atoms with Gasteiger partial charge in [-0.3, -0.25) is 28.8 Å². The van der Waals surface area contributed by atoms with E-state index in [1.165, 1.54) is 0 Å². The first-order valence-electron chi connectivity index (χ1n) is 12.9. The third-order valence-corrected chi connectivity index (χ3v) is 4.86. The third kappa shape index (κ3) is 31.9. The monoisotopic (exact) mass is 574 g/mol. The summed E-state index contributed by atoms with van der Waals surface area (Å²) in [7, 11) is 0. The molecule has 14 nitrogen and oxygen atoms in total. The van der Waals surface area contributed by atoms with Crippen LogP contribution in [0.1, 0.15) is 103 Å². The molecule has 0 radical (unpaired) electrons. The molecule has 0 aliphatic heterocycles. The molecule has 0 aromatic heterocycles. The average Bonchev–Trinajstić information content (AvgIpc) is 2.84. The van der Waals surface area contributed by atoms with Crippen molar-refractivity contribution < 1.29 is 68.3 Å². The van der Waals surface area contributed by atoms with Crippen LogP contribution >= 0.6 is 0 Å². The lowest BCUT2D eigenvalue weighted by Gasteiger charge is -2.00. The summed E-state index contributed by atoms with van der Waals surface area (Å²) >= 11 is 0. The Morgan fingerprint density at radius 3 is 0.875 bits per heavy atom. The van der Waals surface area contributed by atoms with Gasteiger partial charge in [-0.15, -0.1) is 0 Å². The maximum atomic E-state index is 11.3. The Bertz CT molecular complexity index is 805. The van der Waals surface area contributed by atoms with Gasteiger partial charge in [0.15, 0.2) is 0 Å². The van der Waals surface area contributed by atoms with Gasteiger partial charge in [0, 0.05) is 50.7 Å². The Balaban J connectivity index is 0. The highest BCUT2D eigenvalue weighted by Crippen LogP contribution is 2.08. The Kier molecular flexibility index (Phi) is 24.0. The summed E-state index contributed by atoms with van der Waals surface area (Å²) < 4.78 is 8.71. The molecule has 0 aliphatic rings. The number of hydrogen-bond acceptors (Lipinski definition) is 10. The minimum absolute atomic E-state index is 0.0999. The zero-order valence-corrected chi connectivity index (χ0v) is 22.3. The molecule has 0 unspecified atom stereocenters. The van der Waals surface area contributed by atoms with Crippen LogP contribution in [0, 0.1) is 0 Å². The van der Waals surface area contributed by atoms with Crippen molar-refractivity contribution in [2.45, 2.75) is 103 Å². The maximum absolute atomic E-state index is 11.3. The molecule has 0 spiro atoms. The second kappa shape index (κ2) is 25.2. The number of unbranched alkanes of at least 4 members (excludes halogenated alkanes) is 7. The van der Waals surface area contributed by atoms with Crippen molar-refractivity contribution in [3.05, 3.63) is 12.2 Å². The molecule has 0 saturated heterocycles. The Morgan fingerprint density at radius 1 is 0.375 bits per heavy atom. The summed E-state index contributed by atoms with van der Waals surface area (Å²) in [6, 6.07) is 0. The van der Waals surface area contributed by atoms with Crippen molar-refractivity contribution in [3.8, 4) is 0 Å². The standard InChI is InChI=1S/C16H20O10.C10H18O4/c17-11(18)5-1-3-7-13(21)25-15(23)9-10-16(24)26-14(22)8-4-2-6-12(19)20;11-9(12)7-5-3-1-2-4-6-8-10(13)14/h9-10H,1-8H2,(H,17,18)(H,19,20);1-8H2,(H,11,12)(H,13,14)/b10-9-;. The Morgan fingerprint density at radius 2 is 0.600 bits per heavy atom. The van der Waals surface area contributed by atoms with Crippen molar-refractivity contribution in [1.82, 2.24) is 0 Å². The number of rotatable bonds is 21. The fourth-order valence-electron chi connectivity index (χ4n) is 2.88. The van der Waals surface area contributed by atoms with Crippen molar-refractivity contribution in [2.75, 3.05) is 0 Å². The van der Waals surface area contributed by atoms with E-state index < -0.39 is 47.8 Å². The third-order valence-electron chi connectivity index (χ3n) is 4.86. The lowest BCUT2D eigenvalue weighted by Crippen LogP contribution is -2.12. The number of carboxylic acid groups (broad SMARTS) is 4. The van der Waals surface area contributed by atoms with E-state index in [1.54, 1.807) is 0 Å². The molecule has 0 atom stereocenters. The van der Waals surface area contributed by atoms with Crippen LogP contribution in [-0.4, -0.2) is 68.2 Å². The van der Waals surface area contributed by atoms with Crippen molar-refractivity contribution in [3.63, 3.8) is 0 Å². The summed E-state index contributed by atoms with van der Waals surface area (Å²) in [5.41, 5.74) is 0. The number of hydrogen-bond donors (Lipinski definition) is 4. The van der Waals surface area contributed by atoms with E-state index in [9.17, 15) is 38.4 Å². The molecule has 0 aromatic carbocycles. The molecule has 0 fully saturated rings. The molecule has 4 N–H and O–H groups in total. The largest absolute Gasteiger partial charge is 0.481 e. The Hall–Kier alpha value is -4.10. The molecule has 0 saturated carbocycles. The predicted molar refractivity (Wildman–Crippen MR) is 136 cm³/mol. The topological polar surface area (TPSA) is 236 Å². The van der Waals surface area contributed by atoms with Crippen molar-refractivity contribution in [1.29, 1.82) is 0 Å². The molecule has 0 bridgehead atoms. The van der Waals surface area contributed by atoms with E-state index in [4.69, 9.17) is 20.4 Å². The normalized spacial score (nSPS) is 10.2. The molecule has 40 heavy (non-hydrogen) atoms. The van der Waals surface area contributed by atoms with Crippen LogP contribution in [0.3, 0.4) is 0 Å². The van der Waals surface area contributed by atoms with E-state index in [-0.39, 0.29) is 64.2 Å². The van der Waals surface area contributed by atoms with Crippen LogP contribution in [-0.2, 0) is 47.8 Å². The van der Waals surface area contributed by atoms with Crippen molar-refractivity contribution >= 4 is 47.8 Å². The van der Waals surface area contributed by atoms with Crippen LogP contribution < -0.4 is 0 Å². The van der Waals surface area contributed by atoms with Gasteiger partial charge in [0.2, 0.25) is 0 Å². The molecule has 226 valence electrons. The lowest BCUT2D eigenvalue weighted by molar-refractivity contribution is -0.159. The number of carbonyl (C=O) groups is 8. The van der Waals surface area contributed by atoms with Crippen LogP contribution in [0.5, 0.6) is 0 Å². The SMILES string of the molecule is O=C(O)CCCCC(=O)OC(=O)/C=C\C(=O)OC(=O)CCCCC(=O)O.O=C(O)CCCCCCCCC(=O)O. The van der Waals surface area contributed by atoms with Gasteiger partial charge < -0.3 is 29.9 Å². The van der Waals surface area contributed by atoms with E-state index >= 15 is 0 Å². The highest BCUT2D eigenvalue weighted by molar-refractivity contribution is 5.99. The van der Waals surface area contributed by atoms with Gasteiger partial charge >= 0.3 is 47.8 Å². The minimum Gasteiger partial charge on any atom is -0.481 e. The number of esters is 4. The first-order valence-corrected chi connectivity index (χ1v) is 12.9. The minimum atomic E-state index is -1.13. The fourth-order valence-corrected chi connectivity index (χ4v) is 2.88. The summed E-state index contributed by atoms with van der Waals surface area (Å²) in [6.07, 6.45) is 7.56. The number of ether oxygens (including phenoxy) is 2. The second-order valence-corrected chi connectivity index (χ2v) is 8.53. The second-order valence-electron chi connectivity index (χ2n) is 8.53. The number of aliphatic carboxylic acids is 4. The summed E-state index contributed by atoms with van der Waals surface area (Å²) in [5.74, 6) is -7.45. The first kappa shape index (κ1) is 38.0. The molecule has 0 aromatic rings. The van der Waals surface area contributed by atoms with Crippen LogP contribution in [0.4, 0.5) is 0 Å². The number of carbonyl (C=O) groups excluding carboxylic acids is 4. The number of carboxylic acids is 4. The van der Waals surface area contributed by atoms with E-state index in [2.05, 4.69) is 9.47 Å². The highest BCUT2D eigenvalue weighted by atomic mass is 16.6. The van der Waals surface area contributed by atoms with Gasteiger partial charge in [-0.1, -0.05) is 25.7 Å². The highest BCUT2D eigenvalue weighted by Gasteiger charge is 2.11. The summed E-state index contributed by atoms with van der Waals surface area (Å²) in [6.45, 7) is 0. The maximum Gasteiger partial charge on any atom is 0.338 e. The Labute approximate surface area is 231 Å². The summed E-state index contributed by atoms with van der Waals surface area (Å²) in [5, 5.41) is 33.5. The van der Waals surface area contributed by atoms with Gasteiger partial charge in [0.05, 0.1) is 0 Å². The van der Waals surface area contributed by atoms with Crippen LogP contribution in [0.15, 0.2) is 12.2 Å². The zero-order valence-electron chi connectivity index (χ0n) is 22.3. The fraction of sp³-hybridized carbons (Fsp3) is 0.615. The summed E-state index contributed by atoms with van der Waals surface area (Å²) in [4.78, 5) is 86.0. The lowest BCUT2D eigenvalue weighted by atomic mass is 10.1. The van der Waals surface area contributed by atoms with Gasteiger partial charge in [-0.2, -0.15) is 0 Å². The first-order chi connectivity index (χ1) is 18.8. The van der Waals surface area contributed by atoms with E-state index in [0.29, 0.717) is 12.2 Å². The van der Waals surface area contributed by atoms with Crippen LogP contribution in [0.25, 0.3) is 0 Å². The molecule has 0 aliphatic carbocycles. The van der Waals surface area contributed by atoms with E-state index in [1.807, 2.05) is 0 Å². The molecular formula is C26H38O14. The zero-order chi connectivity index (χ0) is 30.8. The molecule has 14 heteroatoms. The van der Waals surface area contributed by atoms with Gasteiger partial charge in [-0.25, -0.2) is 9.59 Å². The molecule has 0 rings (SSSR count). The van der Waals surface area contributed by atoms with Gasteiger partial charge in [-0.05, 0) is 38.5 Å². The molecule has 0 heterocycles. The quantitative estimate of drug-likeness (QED) is 0.0666. The molecule has 0 amide bonds. The van der Waals surface area contributed by atoms with Gasteiger partial charge in [0.25, 0.3) is 0 Å².